The number of thioether (sulfide) groups is 1. The second kappa shape index (κ2) is 3.93. The smallest absolute Gasteiger partial charge is 0.0817 e. The summed E-state index contributed by atoms with van der Waals surface area (Å²) in [5.74, 6) is 0.949. The molecule has 3 heteroatoms. The first kappa shape index (κ1) is 10.0. The van der Waals surface area contributed by atoms with Crippen molar-refractivity contribution in [3.05, 3.63) is 29.8 Å². The van der Waals surface area contributed by atoms with E-state index >= 15 is 0 Å². The van der Waals surface area contributed by atoms with E-state index in [2.05, 4.69) is 12.1 Å². The number of fused-ring (bicyclic) bond motifs is 1. The van der Waals surface area contributed by atoms with Crippen LogP contribution in [0.4, 0.5) is 0 Å². The molecule has 14 heavy (non-hydrogen) atoms. The standard InChI is InChI=1S/C11H15NOS/c12-8-11(13)5-6-14-10-4-2-1-3-9(10)7-11/h1-4,13H,5-8,12H2. The average Bonchev–Trinajstić information content (AvgIpc) is 2.37. The van der Waals surface area contributed by atoms with Crippen LogP contribution in [0.1, 0.15) is 12.0 Å². The van der Waals surface area contributed by atoms with Crippen LogP contribution in [-0.4, -0.2) is 23.0 Å². The van der Waals surface area contributed by atoms with Crippen LogP contribution in [0.25, 0.3) is 0 Å². The van der Waals surface area contributed by atoms with Crippen LogP contribution < -0.4 is 5.73 Å². The summed E-state index contributed by atoms with van der Waals surface area (Å²) in [5.41, 5.74) is 6.13. The van der Waals surface area contributed by atoms with Gasteiger partial charge in [-0.15, -0.1) is 11.8 Å². The number of nitrogens with two attached hydrogens (primary N) is 1. The molecule has 1 aliphatic heterocycles. The normalized spacial score (nSPS) is 26.7. The van der Waals surface area contributed by atoms with Crippen LogP contribution in [0.5, 0.6) is 0 Å². The summed E-state index contributed by atoms with van der Waals surface area (Å²) in [5, 5.41) is 10.2. The minimum absolute atomic E-state index is 0.349. The maximum absolute atomic E-state index is 10.2. The maximum atomic E-state index is 10.2. The van der Waals surface area contributed by atoms with Gasteiger partial charge in [0.05, 0.1) is 5.60 Å². The first-order valence-electron chi connectivity index (χ1n) is 4.87. The monoisotopic (exact) mass is 209 g/mol. The lowest BCUT2D eigenvalue weighted by Gasteiger charge is -2.24. The number of hydrogen-bond acceptors (Lipinski definition) is 3. The Morgan fingerprint density at radius 2 is 2.21 bits per heavy atom. The molecule has 0 fully saturated rings. The fourth-order valence-electron chi connectivity index (χ4n) is 1.76. The van der Waals surface area contributed by atoms with Gasteiger partial charge < -0.3 is 10.8 Å². The molecule has 0 amide bonds. The topological polar surface area (TPSA) is 46.2 Å². The molecule has 76 valence electrons. The molecule has 0 aliphatic carbocycles. The molecular formula is C11H15NOS. The third-order valence-corrected chi connectivity index (χ3v) is 3.81. The van der Waals surface area contributed by atoms with Crippen molar-refractivity contribution in [3.63, 3.8) is 0 Å². The molecule has 1 aromatic rings. The Labute approximate surface area is 88.5 Å². The van der Waals surface area contributed by atoms with E-state index in [4.69, 9.17) is 5.73 Å². The summed E-state index contributed by atoms with van der Waals surface area (Å²) in [6.07, 6.45) is 1.47. The van der Waals surface area contributed by atoms with E-state index in [1.54, 1.807) is 0 Å². The lowest BCUT2D eigenvalue weighted by Crippen LogP contribution is -2.39. The second-order valence-corrected chi connectivity index (χ2v) is 4.95. The van der Waals surface area contributed by atoms with Gasteiger partial charge in [0.2, 0.25) is 0 Å². The molecule has 2 nitrogen and oxygen atoms in total. The minimum Gasteiger partial charge on any atom is -0.388 e. The third kappa shape index (κ3) is 1.95. The lowest BCUT2D eigenvalue weighted by molar-refractivity contribution is 0.0471. The Bertz CT molecular complexity index is 329. The van der Waals surface area contributed by atoms with E-state index in [1.807, 2.05) is 23.9 Å². The van der Waals surface area contributed by atoms with Gasteiger partial charge in [-0.3, -0.25) is 0 Å². The second-order valence-electron chi connectivity index (χ2n) is 3.81. The predicted octanol–water partition coefficient (Wildman–Crippen LogP) is 1.41. The number of rotatable bonds is 1. The first-order chi connectivity index (χ1) is 6.73. The van der Waals surface area contributed by atoms with Crippen molar-refractivity contribution in [2.45, 2.75) is 23.3 Å². The molecule has 1 aromatic carbocycles. The zero-order valence-corrected chi connectivity index (χ0v) is 8.89. The Morgan fingerprint density at radius 1 is 1.43 bits per heavy atom. The van der Waals surface area contributed by atoms with Gasteiger partial charge in [-0.2, -0.15) is 0 Å². The molecular weight excluding hydrogens is 194 g/mol. The van der Waals surface area contributed by atoms with E-state index in [1.165, 1.54) is 10.5 Å². The zero-order chi connectivity index (χ0) is 10.0. The number of hydrogen-bond donors (Lipinski definition) is 2. The highest BCUT2D eigenvalue weighted by molar-refractivity contribution is 7.99. The molecule has 0 aromatic heterocycles. The summed E-state index contributed by atoms with van der Waals surface area (Å²) in [6.45, 7) is 0.349. The van der Waals surface area contributed by atoms with Gasteiger partial charge in [-0.25, -0.2) is 0 Å². The van der Waals surface area contributed by atoms with Gasteiger partial charge in [0.15, 0.2) is 0 Å². The average molecular weight is 209 g/mol. The van der Waals surface area contributed by atoms with E-state index in [-0.39, 0.29) is 0 Å². The Kier molecular flexibility index (Phi) is 2.81. The lowest BCUT2D eigenvalue weighted by atomic mass is 9.92. The summed E-state index contributed by atoms with van der Waals surface area (Å²) >= 11 is 1.81. The molecule has 0 saturated carbocycles. The maximum Gasteiger partial charge on any atom is 0.0817 e. The highest BCUT2D eigenvalue weighted by atomic mass is 32.2. The highest BCUT2D eigenvalue weighted by Gasteiger charge is 2.28. The highest BCUT2D eigenvalue weighted by Crippen LogP contribution is 2.32. The largest absolute Gasteiger partial charge is 0.388 e. The van der Waals surface area contributed by atoms with Crippen LogP contribution in [-0.2, 0) is 6.42 Å². The minimum atomic E-state index is -0.695. The van der Waals surface area contributed by atoms with Gasteiger partial charge in [-0.05, 0) is 18.1 Å². The van der Waals surface area contributed by atoms with E-state index in [0.717, 1.165) is 12.2 Å². The van der Waals surface area contributed by atoms with E-state index < -0.39 is 5.60 Å². The van der Waals surface area contributed by atoms with Crippen molar-refractivity contribution in [1.29, 1.82) is 0 Å². The zero-order valence-electron chi connectivity index (χ0n) is 8.07. The van der Waals surface area contributed by atoms with Crippen molar-refractivity contribution < 1.29 is 5.11 Å². The van der Waals surface area contributed by atoms with Crippen LogP contribution in [0.3, 0.4) is 0 Å². The molecule has 2 rings (SSSR count). The van der Waals surface area contributed by atoms with Crippen molar-refractivity contribution in [3.8, 4) is 0 Å². The Morgan fingerprint density at radius 3 is 3.00 bits per heavy atom. The molecule has 1 unspecified atom stereocenters. The third-order valence-electron chi connectivity index (χ3n) is 2.70. The summed E-state index contributed by atoms with van der Waals surface area (Å²) in [6, 6.07) is 8.25. The van der Waals surface area contributed by atoms with E-state index in [9.17, 15) is 5.11 Å². The Balaban J connectivity index is 2.31. The Hall–Kier alpha value is -0.510. The fraction of sp³-hybridized carbons (Fsp3) is 0.455. The predicted molar refractivity (Wildman–Crippen MR) is 59.5 cm³/mol. The quantitative estimate of drug-likeness (QED) is 0.735. The number of benzene rings is 1. The van der Waals surface area contributed by atoms with Crippen LogP contribution in [0.15, 0.2) is 29.2 Å². The van der Waals surface area contributed by atoms with Crippen LogP contribution in [0, 0.1) is 0 Å². The first-order valence-corrected chi connectivity index (χ1v) is 5.85. The van der Waals surface area contributed by atoms with Crippen LogP contribution >= 0.6 is 11.8 Å². The fourth-order valence-corrected chi connectivity index (χ4v) is 2.96. The molecule has 0 radical (unpaired) electrons. The van der Waals surface area contributed by atoms with E-state index in [0.29, 0.717) is 13.0 Å². The van der Waals surface area contributed by atoms with Crippen molar-refractivity contribution in [2.24, 2.45) is 5.73 Å². The molecule has 0 spiro atoms. The molecule has 1 aliphatic rings. The summed E-state index contributed by atoms with van der Waals surface area (Å²) in [4.78, 5) is 1.29. The van der Waals surface area contributed by atoms with Gasteiger partial charge >= 0.3 is 0 Å². The van der Waals surface area contributed by atoms with Gasteiger partial charge in [-0.1, -0.05) is 18.2 Å². The molecule has 0 bridgehead atoms. The molecule has 0 saturated heterocycles. The van der Waals surface area contributed by atoms with Crippen molar-refractivity contribution in [1.82, 2.24) is 0 Å². The molecule has 1 atom stereocenters. The summed E-state index contributed by atoms with van der Waals surface area (Å²) < 4.78 is 0. The number of aliphatic hydroxyl groups is 1. The molecule has 3 N–H and O–H groups in total. The van der Waals surface area contributed by atoms with Crippen LogP contribution in [0.2, 0.25) is 0 Å². The van der Waals surface area contributed by atoms with Crippen molar-refractivity contribution >= 4 is 11.8 Å². The van der Waals surface area contributed by atoms with Gasteiger partial charge in [0, 0.05) is 23.6 Å². The van der Waals surface area contributed by atoms with Crippen molar-refractivity contribution in [2.75, 3.05) is 12.3 Å². The van der Waals surface area contributed by atoms with Gasteiger partial charge in [0.25, 0.3) is 0 Å². The summed E-state index contributed by atoms with van der Waals surface area (Å²) in [7, 11) is 0. The van der Waals surface area contributed by atoms with Gasteiger partial charge in [0.1, 0.15) is 0 Å². The molecule has 1 heterocycles. The SMILES string of the molecule is NCC1(O)CCSc2ccccc2C1.